The molecule has 3 amide bonds. The van der Waals surface area contributed by atoms with Crippen LogP contribution < -0.4 is 30.3 Å². The largest absolute Gasteiger partial charge is 0.486 e. The SMILES string of the molecule is Cc1ncsc1-c1ccc([C@H](CO)NC(=O)[C@@H]2C[C@@H](O)CN2C(=O)[C@@H](NC(=O)c2ccc(COc3c(-c4c(C)c(F)cc5[nH]ncc45)c(C4CC4)cc4c(N5C[C@@H]6C[C@H]5CN6)nc(OC5CCOCC5)nc34)cc2)C(C)C)cc1. The number of aryl methyl sites for hydroxylation is 1. The van der Waals surface area contributed by atoms with Crippen LogP contribution in [0.4, 0.5) is 10.2 Å². The van der Waals surface area contributed by atoms with Crippen molar-refractivity contribution in [2.24, 2.45) is 5.92 Å². The molecular weight excluding hydrogens is 1030 g/mol. The first kappa shape index (κ1) is 52.6. The summed E-state index contributed by atoms with van der Waals surface area (Å²) in [4.78, 5) is 61.9. The molecule has 20 heteroatoms. The van der Waals surface area contributed by atoms with Crippen LogP contribution in [-0.2, 0) is 20.9 Å². The smallest absolute Gasteiger partial charge is 0.319 e. The molecule has 4 aromatic carbocycles. The number of halogens is 1. The number of aliphatic hydroxyl groups excluding tert-OH is 2. The predicted molar refractivity (Wildman–Crippen MR) is 297 cm³/mol. The summed E-state index contributed by atoms with van der Waals surface area (Å²) in [6, 6.07) is 16.1. The van der Waals surface area contributed by atoms with Crippen molar-refractivity contribution in [3.63, 3.8) is 0 Å². The lowest BCUT2D eigenvalue weighted by Gasteiger charge is -2.31. The lowest BCUT2D eigenvalue weighted by Crippen LogP contribution is -2.55. The quantitative estimate of drug-likeness (QED) is 0.0531. The minimum Gasteiger partial charge on any atom is -0.486 e. The van der Waals surface area contributed by atoms with Crippen LogP contribution in [0.15, 0.2) is 72.4 Å². The Morgan fingerprint density at radius 3 is 2.42 bits per heavy atom. The zero-order valence-corrected chi connectivity index (χ0v) is 45.4. The third-order valence-corrected chi connectivity index (χ3v) is 17.4. The predicted octanol–water partition coefficient (Wildman–Crippen LogP) is 7.18. The van der Waals surface area contributed by atoms with E-state index in [1.807, 2.05) is 45.0 Å². The zero-order valence-electron chi connectivity index (χ0n) is 44.6. The number of β-amino-alcohol motifs (C(OH)–C–C–N with tert-alkyl or cyclic N) is 1. The van der Waals surface area contributed by atoms with E-state index in [1.54, 1.807) is 42.9 Å². The van der Waals surface area contributed by atoms with Gasteiger partial charge < -0.3 is 50.2 Å². The molecule has 0 radical (unpaired) electrons. The van der Waals surface area contributed by atoms with E-state index in [4.69, 9.17) is 24.2 Å². The summed E-state index contributed by atoms with van der Waals surface area (Å²) in [7, 11) is 0. The van der Waals surface area contributed by atoms with Crippen LogP contribution in [0.2, 0.25) is 0 Å². The van der Waals surface area contributed by atoms with Gasteiger partial charge in [-0.3, -0.25) is 19.5 Å². The standard InChI is InChI=1S/C59H65FN10O8S/c1-30(2)51(58(75)70-26-40(72)20-48(70)57(74)64-47(27-71)35-11-13-36(14-12-35)54-32(4)62-29-79-54)65-56(73)37-7-5-33(6-8-37)28-77-53-50(49-31(3)45(60)22-46-44(49)24-63-68-46)42(34-9-10-34)21-43-52(53)66-59(78-41-15-17-76-18-16-41)67-55(43)69-25-38-19-39(69)23-61-38/h5-8,11-14,21-22,24,29-30,34,38-41,47-48,51,61,71-72H,9-10,15-20,23,25-28H2,1-4H3,(H,63,68)(H,64,74)(H,65,73)/t38-,39-,40+,47-,48-,51-/m0/s1. The number of carbonyl (C=O) groups is 3. The van der Waals surface area contributed by atoms with Crippen molar-refractivity contribution in [3.05, 3.63) is 112 Å². The number of likely N-dealkylation sites (tertiary alicyclic amines) is 1. The molecule has 3 aromatic heterocycles. The number of thiazole rings is 1. The topological polar surface area (TPSA) is 229 Å². The van der Waals surface area contributed by atoms with Crippen LogP contribution in [0.25, 0.3) is 43.4 Å². The first-order valence-electron chi connectivity index (χ1n) is 27.5. The number of fused-ring (bicyclic) bond motifs is 4. The number of benzene rings is 4. The highest BCUT2D eigenvalue weighted by Gasteiger charge is 2.44. The van der Waals surface area contributed by atoms with E-state index in [0.29, 0.717) is 71.1 Å². The Balaban J connectivity index is 0.815. The second-order valence-electron chi connectivity index (χ2n) is 22.1. The van der Waals surface area contributed by atoms with E-state index >= 15 is 4.39 Å². The maximum atomic E-state index is 16.1. The fourth-order valence-corrected chi connectivity index (χ4v) is 12.7. The van der Waals surface area contributed by atoms with Gasteiger partial charge in [-0.15, -0.1) is 11.3 Å². The Morgan fingerprint density at radius 1 is 0.949 bits per heavy atom. The van der Waals surface area contributed by atoms with Gasteiger partial charge in [-0.2, -0.15) is 15.1 Å². The maximum Gasteiger partial charge on any atom is 0.319 e. The lowest BCUT2D eigenvalue weighted by molar-refractivity contribution is -0.141. The van der Waals surface area contributed by atoms with Crippen molar-refractivity contribution >= 4 is 56.7 Å². The second-order valence-corrected chi connectivity index (χ2v) is 23.0. The lowest BCUT2D eigenvalue weighted by atomic mass is 9.88. The third-order valence-electron chi connectivity index (χ3n) is 16.4. The Morgan fingerprint density at radius 2 is 1.73 bits per heavy atom. The minimum absolute atomic E-state index is 0.00429. The van der Waals surface area contributed by atoms with Crippen molar-refractivity contribution in [2.45, 2.75) is 121 Å². The summed E-state index contributed by atoms with van der Waals surface area (Å²) in [5.74, 6) is -0.840. The molecule has 12 rings (SSSR count). The van der Waals surface area contributed by atoms with Crippen LogP contribution in [0, 0.1) is 25.6 Å². The molecule has 0 spiro atoms. The Bertz CT molecular complexity index is 3440. The monoisotopic (exact) mass is 1090 g/mol. The molecule has 4 aliphatic heterocycles. The molecule has 6 atom stereocenters. The van der Waals surface area contributed by atoms with Crippen molar-refractivity contribution in [1.29, 1.82) is 0 Å². The first-order valence-corrected chi connectivity index (χ1v) is 28.4. The van der Waals surface area contributed by atoms with Crippen molar-refractivity contribution in [2.75, 3.05) is 44.4 Å². The van der Waals surface area contributed by atoms with E-state index < -0.39 is 42.0 Å². The molecule has 7 aromatic rings. The van der Waals surface area contributed by atoms with E-state index in [2.05, 4.69) is 42.1 Å². The number of hydrogen-bond donors (Lipinski definition) is 6. The zero-order chi connectivity index (χ0) is 54.6. The van der Waals surface area contributed by atoms with Crippen molar-refractivity contribution in [1.82, 2.24) is 46.0 Å². The molecule has 5 fully saturated rings. The number of piperazine rings is 1. The molecule has 4 saturated heterocycles. The molecule has 6 N–H and O–H groups in total. The van der Waals surface area contributed by atoms with Crippen LogP contribution in [0.5, 0.6) is 11.8 Å². The summed E-state index contributed by atoms with van der Waals surface area (Å²) in [6.07, 6.45) is 4.94. The number of aliphatic hydroxyl groups is 2. The average molecular weight is 1090 g/mol. The van der Waals surface area contributed by atoms with E-state index in [1.165, 1.54) is 22.3 Å². The van der Waals surface area contributed by atoms with Crippen molar-refractivity contribution < 1.29 is 43.2 Å². The molecule has 5 aliphatic rings. The van der Waals surface area contributed by atoms with E-state index in [0.717, 1.165) is 81.8 Å². The first-order chi connectivity index (χ1) is 38.3. The summed E-state index contributed by atoms with van der Waals surface area (Å²) < 4.78 is 35.5. The van der Waals surface area contributed by atoms with Gasteiger partial charge in [0.2, 0.25) is 11.8 Å². The molecule has 1 saturated carbocycles. The van der Waals surface area contributed by atoms with Gasteiger partial charge in [0.25, 0.3) is 5.91 Å². The molecule has 0 unspecified atom stereocenters. The minimum atomic E-state index is -1.04. The Kier molecular flexibility index (Phi) is 14.5. The molecular formula is C59H65FN10O8S. The van der Waals surface area contributed by atoms with Gasteiger partial charge in [0.15, 0.2) is 5.75 Å². The number of carbonyl (C=O) groups excluding carboxylic acids is 3. The van der Waals surface area contributed by atoms with Gasteiger partial charge in [0.1, 0.15) is 41.9 Å². The van der Waals surface area contributed by atoms with Crippen LogP contribution in [-0.4, -0.2) is 134 Å². The van der Waals surface area contributed by atoms with Crippen LogP contribution in [0.3, 0.4) is 0 Å². The molecule has 1 aliphatic carbocycles. The van der Waals surface area contributed by atoms with Gasteiger partial charge in [-0.05, 0) is 97.0 Å². The van der Waals surface area contributed by atoms with Gasteiger partial charge in [0.05, 0.1) is 59.8 Å². The van der Waals surface area contributed by atoms with Crippen molar-refractivity contribution in [3.8, 4) is 33.3 Å². The molecule has 7 heterocycles. The summed E-state index contributed by atoms with van der Waals surface area (Å²) in [5, 5.41) is 39.6. The second kappa shape index (κ2) is 21.9. The van der Waals surface area contributed by atoms with Gasteiger partial charge in [-0.25, -0.2) is 9.37 Å². The molecule has 79 heavy (non-hydrogen) atoms. The summed E-state index contributed by atoms with van der Waals surface area (Å²) in [6.45, 7) is 9.69. The fourth-order valence-electron chi connectivity index (χ4n) is 11.9. The number of aromatic amines is 1. The average Bonchev–Trinajstić information content (AvgIpc) is 4.17. The van der Waals surface area contributed by atoms with Gasteiger partial charge in [-0.1, -0.05) is 50.2 Å². The third kappa shape index (κ3) is 10.4. The number of hydrogen-bond acceptors (Lipinski definition) is 15. The number of rotatable bonds is 17. The molecule has 2 bridgehead atoms. The Hall–Kier alpha value is -7.10. The maximum absolute atomic E-state index is 16.1. The highest BCUT2D eigenvalue weighted by atomic mass is 32.1. The Labute approximate surface area is 460 Å². The van der Waals surface area contributed by atoms with Gasteiger partial charge >= 0.3 is 6.01 Å². The number of H-pyrrole nitrogens is 1. The number of ether oxygens (including phenoxy) is 3. The van der Waals surface area contributed by atoms with E-state index in [9.17, 15) is 24.6 Å². The van der Waals surface area contributed by atoms with Gasteiger partial charge in [0, 0.05) is 78.4 Å². The molecule has 412 valence electrons. The van der Waals surface area contributed by atoms with Crippen LogP contribution >= 0.6 is 11.3 Å². The summed E-state index contributed by atoms with van der Waals surface area (Å²) in [5.41, 5.74) is 9.38. The fraction of sp³-hybridized carbons (Fsp3) is 0.441. The van der Waals surface area contributed by atoms with Crippen LogP contribution in [0.1, 0.15) is 103 Å². The number of amides is 3. The highest BCUT2D eigenvalue weighted by Crippen LogP contribution is 2.53. The number of aromatic nitrogens is 5. The summed E-state index contributed by atoms with van der Waals surface area (Å²) >= 11 is 1.53. The molecule has 18 nitrogen and oxygen atoms in total. The number of nitrogens with zero attached hydrogens (tertiary/aromatic N) is 6. The number of nitrogens with one attached hydrogen (secondary N) is 4. The normalized spacial score (nSPS) is 21.1. The highest BCUT2D eigenvalue weighted by molar-refractivity contribution is 7.13. The van der Waals surface area contributed by atoms with E-state index in [-0.39, 0.29) is 62.0 Å². The number of anilines is 1.